The second-order valence-corrected chi connectivity index (χ2v) is 17.1. The van der Waals surface area contributed by atoms with E-state index in [0.29, 0.717) is 19.5 Å². The molecule has 2 N–H and O–H groups in total. The molecule has 4 aromatic carbocycles. The molecule has 0 bridgehead atoms. The lowest BCUT2D eigenvalue weighted by molar-refractivity contribution is -0.148. The minimum atomic E-state index is -0.667. The van der Waals surface area contributed by atoms with E-state index >= 15 is 0 Å². The smallest absolute Gasteiger partial charge is 0.407 e. The first kappa shape index (κ1) is 40.7. The van der Waals surface area contributed by atoms with Crippen LogP contribution in [-0.4, -0.2) is 88.7 Å². The number of methoxy groups -OCH3 is 2. The summed E-state index contributed by atoms with van der Waals surface area (Å²) in [6.07, 6.45) is 3.55. The number of hydrogen-bond donors (Lipinski definition) is 2. The largest absolute Gasteiger partial charge is 0.469 e. The summed E-state index contributed by atoms with van der Waals surface area (Å²) in [5.41, 5.74) is 9.18. The van der Waals surface area contributed by atoms with Crippen LogP contribution < -0.4 is 5.32 Å². The molecule has 12 nitrogen and oxygen atoms in total. The summed E-state index contributed by atoms with van der Waals surface area (Å²) in [5.74, 6) is -0.255. The van der Waals surface area contributed by atoms with Crippen LogP contribution >= 0.6 is 0 Å². The number of alkyl carbamates (subject to hydrolysis) is 1. The van der Waals surface area contributed by atoms with Gasteiger partial charge in [-0.3, -0.25) is 19.4 Å². The molecule has 3 aliphatic heterocycles. The van der Waals surface area contributed by atoms with Gasteiger partial charge < -0.3 is 29.6 Å². The van der Waals surface area contributed by atoms with Crippen molar-refractivity contribution in [1.29, 1.82) is 0 Å². The average molecular weight is 811 g/mol. The summed E-state index contributed by atoms with van der Waals surface area (Å²) in [6.45, 7) is 9.06. The molecular formula is C48H54N6O6. The molecule has 5 aromatic rings. The van der Waals surface area contributed by atoms with Crippen molar-refractivity contribution in [2.45, 2.75) is 84.3 Å². The van der Waals surface area contributed by atoms with Crippen LogP contribution in [0.15, 0.2) is 77.8 Å². The lowest BCUT2D eigenvalue weighted by Crippen LogP contribution is -2.53. The van der Waals surface area contributed by atoms with Crippen LogP contribution in [0.5, 0.6) is 0 Å². The Morgan fingerprint density at radius 3 is 2.05 bits per heavy atom. The number of aromatic amines is 1. The number of benzene rings is 4. The van der Waals surface area contributed by atoms with Crippen LogP contribution in [-0.2, 0) is 30.3 Å². The number of aromatic nitrogens is 2. The van der Waals surface area contributed by atoms with Crippen molar-refractivity contribution in [2.24, 2.45) is 22.7 Å². The topological polar surface area (TPSA) is 146 Å². The van der Waals surface area contributed by atoms with E-state index in [2.05, 4.69) is 77.0 Å². The second-order valence-electron chi connectivity index (χ2n) is 17.1. The number of rotatable bonds is 11. The van der Waals surface area contributed by atoms with Crippen LogP contribution in [0.4, 0.5) is 10.5 Å². The van der Waals surface area contributed by atoms with Gasteiger partial charge in [0.25, 0.3) is 0 Å². The molecule has 3 amide bonds. The number of likely N-dealkylation sites (tertiary alicyclic amines) is 2. The third kappa shape index (κ3) is 7.99. The molecule has 8 rings (SSSR count). The summed E-state index contributed by atoms with van der Waals surface area (Å²) in [6, 6.07) is 24.8. The van der Waals surface area contributed by atoms with Gasteiger partial charge in [0.15, 0.2) is 0 Å². The Hall–Kier alpha value is -6.04. The number of aliphatic imine (C=N–C) groups is 1. The van der Waals surface area contributed by atoms with Crippen LogP contribution in [0.3, 0.4) is 0 Å². The summed E-state index contributed by atoms with van der Waals surface area (Å²) < 4.78 is 9.70. The zero-order valence-corrected chi connectivity index (χ0v) is 35.3. The van der Waals surface area contributed by atoms with E-state index in [-0.39, 0.29) is 48.1 Å². The average Bonchev–Trinajstić information content (AvgIpc) is 4.08. The van der Waals surface area contributed by atoms with Crippen molar-refractivity contribution in [3.63, 3.8) is 0 Å². The minimum absolute atomic E-state index is 0.00182. The van der Waals surface area contributed by atoms with Gasteiger partial charge in [-0.05, 0) is 113 Å². The molecule has 2 saturated heterocycles. The lowest BCUT2D eigenvalue weighted by Gasteiger charge is -2.30. The number of esters is 1. The first-order chi connectivity index (χ1) is 28.9. The molecule has 1 aromatic heterocycles. The Balaban J connectivity index is 0.990. The number of carbonyl (C=O) groups is 4. The molecule has 0 unspecified atom stereocenters. The van der Waals surface area contributed by atoms with Gasteiger partial charge in [0.05, 0.1) is 55.4 Å². The third-order valence-electron chi connectivity index (χ3n) is 12.6. The van der Waals surface area contributed by atoms with Gasteiger partial charge in [0.2, 0.25) is 11.8 Å². The van der Waals surface area contributed by atoms with E-state index in [1.54, 1.807) is 0 Å². The Labute approximate surface area is 350 Å². The van der Waals surface area contributed by atoms with E-state index in [0.717, 1.165) is 92.5 Å². The highest BCUT2D eigenvalue weighted by molar-refractivity contribution is 6.01. The zero-order chi connectivity index (χ0) is 42.2. The minimum Gasteiger partial charge on any atom is -0.469 e. The van der Waals surface area contributed by atoms with Crippen LogP contribution in [0.2, 0.25) is 0 Å². The fourth-order valence-corrected chi connectivity index (χ4v) is 9.22. The molecule has 0 aliphatic carbocycles. The van der Waals surface area contributed by atoms with Gasteiger partial charge in [-0.15, -0.1) is 0 Å². The SMILES string of the molecule is COC(=O)C[C@H](C(=O)N1CCC[C@H]1c1nc2ccc(-c3ccc4ccc(-c5ccc6c(c5)CC([C@@H]5CCCN5C(=O)[C@@H](NC(=O)OC)C(C)C)=N6)cc4c3)cc2[nH]1)C(C)C. The first-order valence-electron chi connectivity index (χ1n) is 21.2. The number of ether oxygens (including phenoxy) is 2. The third-order valence-corrected chi connectivity index (χ3v) is 12.6. The molecular weight excluding hydrogens is 757 g/mol. The predicted octanol–water partition coefficient (Wildman–Crippen LogP) is 8.55. The van der Waals surface area contributed by atoms with Crippen LogP contribution in [0.1, 0.15) is 77.2 Å². The number of fused-ring (bicyclic) bond motifs is 3. The van der Waals surface area contributed by atoms with Crippen molar-refractivity contribution in [2.75, 3.05) is 27.3 Å². The van der Waals surface area contributed by atoms with Gasteiger partial charge in [-0.2, -0.15) is 0 Å². The molecule has 0 spiro atoms. The van der Waals surface area contributed by atoms with E-state index in [9.17, 15) is 19.2 Å². The standard InChI is InChI=1S/C48H54N6O6/c1-27(2)36(26-43(55)59-5)46(56)54-20-8-10-42(54)45-50-38-18-16-33(24-39(38)51-45)31-14-12-29-11-13-30(21-34(29)22-31)32-15-17-37-35(23-32)25-40(49-37)41-9-7-19-53(41)47(57)44(28(3)4)52-48(58)60-6/h11-18,21-24,27-28,36,41-42,44H,7-10,19-20,25-26H2,1-6H3,(H,50,51)(H,52,58)/t36-,41-,42-,44-/m0/s1. The van der Waals surface area contributed by atoms with Crippen molar-refractivity contribution in [1.82, 2.24) is 25.1 Å². The number of carbonyl (C=O) groups excluding carboxylic acids is 4. The zero-order valence-electron chi connectivity index (χ0n) is 35.3. The van der Waals surface area contributed by atoms with Crippen molar-refractivity contribution in [3.8, 4) is 22.3 Å². The summed E-state index contributed by atoms with van der Waals surface area (Å²) >= 11 is 0. The molecule has 312 valence electrons. The fourth-order valence-electron chi connectivity index (χ4n) is 9.22. The number of hydrogen-bond acceptors (Lipinski definition) is 8. The highest BCUT2D eigenvalue weighted by atomic mass is 16.5. The molecule has 3 aliphatic rings. The summed E-state index contributed by atoms with van der Waals surface area (Å²) in [4.78, 5) is 69.0. The maximum atomic E-state index is 13.8. The molecule has 0 radical (unpaired) electrons. The van der Waals surface area contributed by atoms with Crippen LogP contribution in [0, 0.1) is 17.8 Å². The van der Waals surface area contributed by atoms with E-state index in [1.165, 1.54) is 14.2 Å². The van der Waals surface area contributed by atoms with E-state index in [4.69, 9.17) is 19.5 Å². The number of nitrogens with one attached hydrogen (secondary N) is 2. The van der Waals surface area contributed by atoms with Crippen molar-refractivity contribution >= 4 is 57.1 Å². The Bertz CT molecular complexity index is 2510. The first-order valence-corrected chi connectivity index (χ1v) is 21.2. The Morgan fingerprint density at radius 1 is 0.750 bits per heavy atom. The normalized spacial score (nSPS) is 18.6. The highest BCUT2D eigenvalue weighted by Gasteiger charge is 2.40. The fraction of sp³-hybridized carbons (Fsp3) is 0.417. The molecule has 4 heterocycles. The monoisotopic (exact) mass is 810 g/mol. The highest BCUT2D eigenvalue weighted by Crippen LogP contribution is 2.38. The Kier molecular flexibility index (Phi) is 11.5. The second kappa shape index (κ2) is 16.9. The van der Waals surface area contributed by atoms with E-state index < -0.39 is 18.1 Å². The Morgan fingerprint density at radius 2 is 1.38 bits per heavy atom. The maximum absolute atomic E-state index is 13.8. The van der Waals surface area contributed by atoms with Gasteiger partial charge in [-0.1, -0.05) is 64.1 Å². The summed E-state index contributed by atoms with van der Waals surface area (Å²) in [7, 11) is 2.66. The van der Waals surface area contributed by atoms with Gasteiger partial charge in [0, 0.05) is 25.2 Å². The summed E-state index contributed by atoms with van der Waals surface area (Å²) in [5, 5.41) is 5.01. The van der Waals surface area contributed by atoms with Gasteiger partial charge >= 0.3 is 12.1 Å². The number of nitrogens with zero attached hydrogens (tertiary/aromatic N) is 4. The number of imidazole rings is 1. The molecule has 12 heteroatoms. The van der Waals surface area contributed by atoms with Crippen LogP contribution in [0.25, 0.3) is 44.1 Å². The maximum Gasteiger partial charge on any atom is 0.407 e. The van der Waals surface area contributed by atoms with Crippen molar-refractivity contribution in [3.05, 3.63) is 84.2 Å². The quantitative estimate of drug-likeness (QED) is 0.127. The predicted molar refractivity (Wildman–Crippen MR) is 233 cm³/mol. The molecule has 0 saturated carbocycles. The molecule has 60 heavy (non-hydrogen) atoms. The van der Waals surface area contributed by atoms with Gasteiger partial charge in [0.1, 0.15) is 11.9 Å². The number of amides is 3. The molecule has 4 atom stereocenters. The van der Waals surface area contributed by atoms with Gasteiger partial charge in [-0.25, -0.2) is 9.78 Å². The van der Waals surface area contributed by atoms with Crippen molar-refractivity contribution < 1.29 is 28.7 Å². The van der Waals surface area contributed by atoms with E-state index in [1.807, 2.05) is 43.6 Å². The number of H-pyrrole nitrogens is 1. The molecule has 2 fully saturated rings. The lowest BCUT2D eigenvalue weighted by atomic mass is 9.91.